The van der Waals surface area contributed by atoms with Gasteiger partial charge in [0.15, 0.2) is 0 Å². The van der Waals surface area contributed by atoms with Crippen molar-refractivity contribution in [2.45, 2.75) is 48.3 Å². The highest BCUT2D eigenvalue weighted by molar-refractivity contribution is 7.91. The second kappa shape index (κ2) is 15.0. The number of aliphatic hydroxyl groups is 1. The molecule has 9 N–H and O–H groups in total. The van der Waals surface area contributed by atoms with Gasteiger partial charge in [0.25, 0.3) is 15.9 Å². The van der Waals surface area contributed by atoms with Gasteiger partial charge in [0.05, 0.1) is 32.3 Å². The number of amides is 3. The molecule has 38 heavy (non-hydrogen) atoms. The number of aliphatic hydroxyl groups excluding tert-OH is 1. The third kappa shape index (κ3) is 10.5. The molecular weight excluding hydrogens is 550 g/mol. The highest BCUT2D eigenvalue weighted by Gasteiger charge is 2.42. The van der Waals surface area contributed by atoms with Crippen LogP contribution in [0.25, 0.3) is 0 Å². The molecule has 1 aliphatic rings. The van der Waals surface area contributed by atoms with Crippen molar-refractivity contribution in [3.05, 3.63) is 0 Å². The largest absolute Gasteiger partial charge is 0.461 e. The van der Waals surface area contributed by atoms with Crippen molar-refractivity contribution in [3.8, 4) is 0 Å². The summed E-state index contributed by atoms with van der Waals surface area (Å²) in [5, 5.41) is 26.6. The van der Waals surface area contributed by atoms with E-state index in [2.05, 4.69) is 20.8 Å². The topological polar surface area (TPSA) is 278 Å². The summed E-state index contributed by atoms with van der Waals surface area (Å²) in [5.41, 5.74) is 11.0. The number of nitrogens with zero attached hydrogens (tertiary/aromatic N) is 2. The van der Waals surface area contributed by atoms with E-state index in [0.29, 0.717) is 17.8 Å². The fraction of sp³-hybridized carbons (Fsp3) is 0.684. The summed E-state index contributed by atoms with van der Waals surface area (Å²) in [6.07, 6.45) is -1.85. The van der Waals surface area contributed by atoms with Crippen LogP contribution in [0.5, 0.6) is 0 Å². The van der Waals surface area contributed by atoms with Gasteiger partial charge in [-0.2, -0.15) is 0 Å². The summed E-state index contributed by atoms with van der Waals surface area (Å²) in [6.45, 7) is 0.162. The first-order chi connectivity index (χ1) is 17.9. The zero-order valence-electron chi connectivity index (χ0n) is 20.2. The van der Waals surface area contributed by atoms with Crippen LogP contribution in [-0.2, 0) is 43.4 Å². The smallest absolute Gasteiger partial charge is 0.306 e. The van der Waals surface area contributed by atoms with E-state index in [4.69, 9.17) is 30.8 Å². The first kappa shape index (κ1) is 31.4. The maximum atomic E-state index is 12.1. The average Bonchev–Trinajstić information content (AvgIpc) is 3.30. The lowest BCUT2D eigenvalue weighted by Crippen LogP contribution is -2.55. The van der Waals surface area contributed by atoms with E-state index in [1.807, 2.05) is 0 Å². The number of primary amides is 1. The van der Waals surface area contributed by atoms with E-state index in [0.717, 1.165) is 0 Å². The summed E-state index contributed by atoms with van der Waals surface area (Å²) in [5.74, 6) is -3.62. The number of primary sulfonamides is 1. The van der Waals surface area contributed by atoms with Crippen molar-refractivity contribution < 1.29 is 46.9 Å². The van der Waals surface area contributed by atoms with Crippen molar-refractivity contribution in [1.82, 2.24) is 15.5 Å². The highest BCUT2D eigenvalue weighted by atomic mass is 32.2. The fourth-order valence-electron chi connectivity index (χ4n) is 3.39. The molecule has 4 atom stereocenters. The van der Waals surface area contributed by atoms with Gasteiger partial charge >= 0.3 is 5.97 Å². The Hall–Kier alpha value is -2.81. The minimum atomic E-state index is -4.00. The number of nitrogens with one attached hydrogen (secondary N) is 2. The lowest BCUT2D eigenvalue weighted by molar-refractivity contribution is -0.162. The molecule has 1 saturated carbocycles. The number of rotatable bonds is 15. The third-order valence-electron chi connectivity index (χ3n) is 5.23. The number of hydrogen-bond donors (Lipinski definition) is 6. The molecule has 1 aliphatic carbocycles. The molecule has 0 spiro atoms. The summed E-state index contributed by atoms with van der Waals surface area (Å²) in [4.78, 5) is 47.3. The number of sulfonamides is 1. The quantitative estimate of drug-likeness (QED) is 0.0668. The van der Waals surface area contributed by atoms with Crippen molar-refractivity contribution in [2.24, 2.45) is 22.5 Å². The van der Waals surface area contributed by atoms with E-state index in [9.17, 15) is 32.7 Å². The van der Waals surface area contributed by atoms with Gasteiger partial charge in [0.1, 0.15) is 18.6 Å². The van der Waals surface area contributed by atoms with Gasteiger partial charge in [-0.05, 0) is 12.8 Å². The van der Waals surface area contributed by atoms with E-state index in [1.165, 1.54) is 0 Å². The zero-order chi connectivity index (χ0) is 28.3. The van der Waals surface area contributed by atoms with Crippen LogP contribution in [0, 0.1) is 5.92 Å². The van der Waals surface area contributed by atoms with Crippen LogP contribution in [0.2, 0.25) is 0 Å². The lowest BCUT2D eigenvalue weighted by Gasteiger charge is -2.36. The van der Waals surface area contributed by atoms with E-state index < -0.39 is 62.2 Å². The minimum Gasteiger partial charge on any atom is -0.461 e. The van der Waals surface area contributed by atoms with Crippen LogP contribution in [0.1, 0.15) is 25.7 Å². The maximum Gasteiger partial charge on any atom is 0.306 e. The van der Waals surface area contributed by atoms with Gasteiger partial charge in [-0.1, -0.05) is 11.3 Å². The number of hydrogen-bond acceptors (Lipinski definition) is 14. The Bertz CT molecular complexity index is 1080. The summed E-state index contributed by atoms with van der Waals surface area (Å²) in [7, 11) is -4.00. The van der Waals surface area contributed by atoms with Gasteiger partial charge in [-0.3, -0.25) is 24.5 Å². The molecule has 4 unspecified atom stereocenters. The second-order valence-electron chi connectivity index (χ2n) is 8.17. The second-order valence-corrected chi connectivity index (χ2v) is 10.9. The summed E-state index contributed by atoms with van der Waals surface area (Å²) >= 11 is 0.599. The highest BCUT2D eigenvalue weighted by Crippen LogP contribution is 2.27. The molecule has 0 radical (unpaired) electrons. The summed E-state index contributed by atoms with van der Waals surface area (Å²) in [6, 6.07) is -0.636. The van der Waals surface area contributed by atoms with Crippen molar-refractivity contribution in [3.63, 3.8) is 0 Å². The number of aromatic nitrogens is 2. The van der Waals surface area contributed by atoms with Crippen LogP contribution in [0.15, 0.2) is 4.34 Å². The van der Waals surface area contributed by atoms with Crippen LogP contribution in [0.3, 0.4) is 0 Å². The first-order valence-electron chi connectivity index (χ1n) is 11.4. The third-order valence-corrected chi connectivity index (χ3v) is 7.38. The maximum absolute atomic E-state index is 12.1. The van der Waals surface area contributed by atoms with Crippen LogP contribution < -0.4 is 27.2 Å². The van der Waals surface area contributed by atoms with Crippen molar-refractivity contribution >= 4 is 50.2 Å². The van der Waals surface area contributed by atoms with Crippen molar-refractivity contribution in [2.75, 3.05) is 38.3 Å². The van der Waals surface area contributed by atoms with E-state index in [-0.39, 0.29) is 57.4 Å². The fourth-order valence-corrected chi connectivity index (χ4v) is 4.74. The van der Waals surface area contributed by atoms with E-state index >= 15 is 0 Å². The molecular formula is C19H31N7O10S2. The van der Waals surface area contributed by atoms with Gasteiger partial charge in [-0.25, -0.2) is 13.6 Å². The summed E-state index contributed by atoms with van der Waals surface area (Å²) < 4.78 is 37.5. The zero-order valence-corrected chi connectivity index (χ0v) is 21.9. The molecule has 1 fully saturated rings. The Morgan fingerprint density at radius 1 is 1.05 bits per heavy atom. The normalized spacial score (nSPS) is 21.4. The van der Waals surface area contributed by atoms with E-state index in [1.54, 1.807) is 0 Å². The Morgan fingerprint density at radius 2 is 1.76 bits per heavy atom. The van der Waals surface area contributed by atoms with Crippen LogP contribution >= 0.6 is 11.3 Å². The van der Waals surface area contributed by atoms with Crippen LogP contribution in [0.4, 0.5) is 5.13 Å². The SMILES string of the molecule is NC(=O)C1C(OC(=O)CCC(=O)NCCOCCOCC(=O)Nc2nnc(S(N)(=O)=O)s2)CCC(N)C1O. The Morgan fingerprint density at radius 3 is 2.42 bits per heavy atom. The number of anilines is 1. The predicted octanol–water partition coefficient (Wildman–Crippen LogP) is -3.45. The monoisotopic (exact) mass is 581 g/mol. The molecule has 0 saturated heterocycles. The molecule has 2 rings (SSSR count). The Kier molecular flexibility index (Phi) is 12.4. The molecule has 17 nitrogen and oxygen atoms in total. The average molecular weight is 582 g/mol. The lowest BCUT2D eigenvalue weighted by atomic mass is 9.80. The number of carbonyl (C=O) groups is 4. The molecule has 3 amide bonds. The minimum absolute atomic E-state index is 0.0461. The predicted molar refractivity (Wildman–Crippen MR) is 130 cm³/mol. The van der Waals surface area contributed by atoms with Gasteiger partial charge in [-0.15, -0.1) is 10.2 Å². The number of carbonyl (C=O) groups excluding carboxylic acids is 4. The molecule has 0 aliphatic heterocycles. The van der Waals surface area contributed by atoms with Gasteiger partial charge in [0, 0.05) is 19.0 Å². The molecule has 0 aromatic carbocycles. The Labute approximate surface area is 221 Å². The van der Waals surface area contributed by atoms with Crippen molar-refractivity contribution in [1.29, 1.82) is 0 Å². The molecule has 19 heteroatoms. The van der Waals surface area contributed by atoms with Crippen LogP contribution in [-0.4, -0.2) is 98.6 Å². The number of nitrogens with two attached hydrogens (primary N) is 3. The number of ether oxygens (including phenoxy) is 3. The van der Waals surface area contributed by atoms with Gasteiger partial charge in [0.2, 0.25) is 21.3 Å². The van der Waals surface area contributed by atoms with Gasteiger partial charge < -0.3 is 36.1 Å². The number of esters is 1. The molecule has 1 heterocycles. The molecule has 214 valence electrons. The molecule has 1 aromatic rings. The first-order valence-corrected chi connectivity index (χ1v) is 13.8. The molecule has 0 bridgehead atoms. The Balaban J connectivity index is 1.51. The standard InChI is InChI=1S/C19H31N7O10S2/c20-10-1-2-11(15(16(10)30)17(21)31)36-14(29)4-3-12(27)23-5-6-34-7-8-35-9-13(28)24-18-25-26-19(37-18)38(22,32)33/h10-11,15-16,30H,1-9,20H2,(H2,21,31)(H,23,27)(H2,22,32,33)(H,24,25,28). The molecule has 1 aromatic heterocycles.